The number of rotatable bonds is 8. The van der Waals surface area contributed by atoms with Crippen molar-refractivity contribution in [2.24, 2.45) is 17.8 Å². The molecule has 2 aliphatic carbocycles. The highest BCUT2D eigenvalue weighted by atomic mass is 19.1. The van der Waals surface area contributed by atoms with E-state index in [4.69, 9.17) is 0 Å². The van der Waals surface area contributed by atoms with Crippen LogP contribution < -0.4 is 0 Å². The third kappa shape index (κ3) is 5.41. The van der Waals surface area contributed by atoms with Crippen LogP contribution in [0.1, 0.15) is 102 Å². The van der Waals surface area contributed by atoms with E-state index in [-0.39, 0.29) is 5.82 Å². The van der Waals surface area contributed by atoms with Crippen molar-refractivity contribution >= 4 is 10.8 Å². The highest BCUT2D eigenvalue weighted by Crippen LogP contribution is 2.48. The topological polar surface area (TPSA) is 0 Å². The summed E-state index contributed by atoms with van der Waals surface area (Å²) in [5.74, 6) is 3.53. The maximum atomic E-state index is 15.0. The summed E-state index contributed by atoms with van der Waals surface area (Å²) in [5, 5.41) is 1.87. The fourth-order valence-electron chi connectivity index (χ4n) is 6.44. The van der Waals surface area contributed by atoms with Crippen LogP contribution in [-0.2, 0) is 6.42 Å². The Morgan fingerprint density at radius 1 is 0.968 bits per heavy atom. The number of hydrogen-bond donors (Lipinski definition) is 0. The van der Waals surface area contributed by atoms with Crippen LogP contribution >= 0.6 is 0 Å². The number of fused-ring (bicyclic) bond motifs is 2. The minimum atomic E-state index is -0.0151. The van der Waals surface area contributed by atoms with E-state index in [9.17, 15) is 0 Å². The number of benzene rings is 2. The summed E-state index contributed by atoms with van der Waals surface area (Å²) in [5.41, 5.74) is 2.28. The Hall–Kier alpha value is -1.63. The zero-order chi connectivity index (χ0) is 21.6. The van der Waals surface area contributed by atoms with Gasteiger partial charge < -0.3 is 0 Å². The smallest absolute Gasteiger partial charge is 0.134 e. The van der Waals surface area contributed by atoms with Crippen molar-refractivity contribution in [3.63, 3.8) is 0 Å². The summed E-state index contributed by atoms with van der Waals surface area (Å²) >= 11 is 0. The molecule has 0 N–H and O–H groups in total. The third-order valence-corrected chi connectivity index (χ3v) is 8.28. The Morgan fingerprint density at radius 2 is 1.81 bits per heavy atom. The molecule has 0 nitrogen and oxygen atoms in total. The molecule has 2 aliphatic rings. The molecule has 0 bridgehead atoms. The van der Waals surface area contributed by atoms with Gasteiger partial charge in [-0.25, -0.2) is 4.39 Å². The van der Waals surface area contributed by atoms with Gasteiger partial charge >= 0.3 is 0 Å². The number of halogens is 1. The molecular formula is C30H41F. The summed E-state index contributed by atoms with van der Waals surface area (Å²) < 4.78 is 15.0. The molecule has 0 radical (unpaired) electrons. The Kier molecular flexibility index (Phi) is 7.86. The lowest BCUT2D eigenvalue weighted by Gasteiger charge is -2.42. The zero-order valence-electron chi connectivity index (χ0n) is 19.7. The number of hydrogen-bond acceptors (Lipinski definition) is 0. The van der Waals surface area contributed by atoms with Gasteiger partial charge in [0.15, 0.2) is 0 Å². The van der Waals surface area contributed by atoms with Gasteiger partial charge in [0.25, 0.3) is 0 Å². The van der Waals surface area contributed by atoms with Gasteiger partial charge in [0.05, 0.1) is 0 Å². The third-order valence-electron chi connectivity index (χ3n) is 8.28. The van der Waals surface area contributed by atoms with Crippen LogP contribution in [0.2, 0.25) is 0 Å². The van der Waals surface area contributed by atoms with Gasteiger partial charge in [-0.15, -0.1) is 0 Å². The Balaban J connectivity index is 1.40. The second-order valence-corrected chi connectivity index (χ2v) is 10.3. The van der Waals surface area contributed by atoms with Crippen LogP contribution in [0, 0.1) is 23.6 Å². The molecule has 0 heterocycles. The van der Waals surface area contributed by atoms with Gasteiger partial charge in [-0.3, -0.25) is 0 Å². The molecule has 2 aromatic rings. The normalized spacial score (nSPS) is 26.4. The van der Waals surface area contributed by atoms with Crippen LogP contribution in [0.5, 0.6) is 0 Å². The van der Waals surface area contributed by atoms with Crippen LogP contribution in [0.25, 0.3) is 10.8 Å². The highest BCUT2D eigenvalue weighted by molar-refractivity contribution is 5.84. The summed E-state index contributed by atoms with van der Waals surface area (Å²) in [6, 6.07) is 10.7. The summed E-state index contributed by atoms with van der Waals surface area (Å²) in [6.45, 7) is 4.33. The predicted molar refractivity (Wildman–Crippen MR) is 132 cm³/mol. The van der Waals surface area contributed by atoms with Gasteiger partial charge in [-0.2, -0.15) is 0 Å². The molecule has 0 spiro atoms. The molecule has 168 valence electrons. The first-order chi connectivity index (χ1) is 15.2. The summed E-state index contributed by atoms with van der Waals surface area (Å²) in [4.78, 5) is 0. The van der Waals surface area contributed by atoms with Gasteiger partial charge in [0.2, 0.25) is 0 Å². The maximum absolute atomic E-state index is 15.0. The van der Waals surface area contributed by atoms with Crippen molar-refractivity contribution in [2.45, 2.75) is 96.8 Å². The molecule has 2 unspecified atom stereocenters. The quantitative estimate of drug-likeness (QED) is 0.295. The molecule has 31 heavy (non-hydrogen) atoms. The Labute approximate surface area is 189 Å². The van der Waals surface area contributed by atoms with Gasteiger partial charge in [-0.05, 0) is 92.1 Å². The van der Waals surface area contributed by atoms with Crippen molar-refractivity contribution in [3.05, 3.63) is 59.4 Å². The van der Waals surface area contributed by atoms with Crippen LogP contribution in [-0.4, -0.2) is 0 Å². The van der Waals surface area contributed by atoms with Gasteiger partial charge in [-0.1, -0.05) is 81.5 Å². The average molecular weight is 421 g/mol. The zero-order valence-corrected chi connectivity index (χ0v) is 19.7. The SMILES string of the molecule is C/C=C/CCc1ccc2cc([C@@H]3CC[C@@H]4CC(CCCCC)CCC4C3)ccc2c1F. The molecule has 0 aliphatic heterocycles. The standard InChI is InChI=1S/C30H41F/c1-3-5-7-9-22-11-12-25-20-26(15-14-24(25)19-22)27-17-18-29-28(21-27)16-13-23(30(29)31)10-8-6-4-2/h4,6,13,16-18,21-22,24-26H,3,5,7-12,14-15,19-20H2,1-2H3/b6-4+/t22?,24-,25?,26-/m1/s1. The van der Waals surface area contributed by atoms with Gasteiger partial charge in [0.1, 0.15) is 5.82 Å². The van der Waals surface area contributed by atoms with E-state index in [1.165, 1.54) is 69.8 Å². The van der Waals surface area contributed by atoms with E-state index in [1.807, 2.05) is 19.1 Å². The summed E-state index contributed by atoms with van der Waals surface area (Å²) in [6.07, 6.45) is 19.9. The summed E-state index contributed by atoms with van der Waals surface area (Å²) in [7, 11) is 0. The fourth-order valence-corrected chi connectivity index (χ4v) is 6.44. The first-order valence-corrected chi connectivity index (χ1v) is 13.0. The maximum Gasteiger partial charge on any atom is 0.134 e. The van der Waals surface area contributed by atoms with Crippen molar-refractivity contribution in [2.75, 3.05) is 0 Å². The molecule has 4 rings (SSSR count). The fraction of sp³-hybridized carbons (Fsp3) is 0.600. The van der Waals surface area contributed by atoms with Crippen molar-refractivity contribution in [3.8, 4) is 0 Å². The largest absolute Gasteiger partial charge is 0.206 e. The molecular weight excluding hydrogens is 379 g/mol. The monoisotopic (exact) mass is 420 g/mol. The van der Waals surface area contributed by atoms with Crippen LogP contribution in [0.15, 0.2) is 42.5 Å². The highest BCUT2D eigenvalue weighted by Gasteiger charge is 2.35. The average Bonchev–Trinajstić information content (AvgIpc) is 2.80. The van der Waals surface area contributed by atoms with Crippen molar-refractivity contribution in [1.29, 1.82) is 0 Å². The Morgan fingerprint density at radius 3 is 2.65 bits per heavy atom. The van der Waals surface area contributed by atoms with E-state index in [0.29, 0.717) is 5.92 Å². The van der Waals surface area contributed by atoms with Crippen molar-refractivity contribution in [1.82, 2.24) is 0 Å². The lowest BCUT2D eigenvalue weighted by molar-refractivity contribution is 0.113. The molecule has 2 aromatic carbocycles. The molecule has 4 atom stereocenters. The first kappa shape index (κ1) is 22.6. The number of allylic oxidation sites excluding steroid dienone is 2. The van der Waals surface area contributed by atoms with E-state index in [2.05, 4.69) is 37.3 Å². The van der Waals surface area contributed by atoms with Gasteiger partial charge in [0, 0.05) is 5.39 Å². The molecule has 0 aromatic heterocycles. The lowest BCUT2D eigenvalue weighted by Crippen LogP contribution is -2.30. The van der Waals surface area contributed by atoms with E-state index in [0.717, 1.165) is 46.9 Å². The lowest BCUT2D eigenvalue weighted by atomic mass is 9.63. The predicted octanol–water partition coefficient (Wildman–Crippen LogP) is 9.37. The van der Waals surface area contributed by atoms with E-state index < -0.39 is 0 Å². The minimum absolute atomic E-state index is 0.0151. The van der Waals surface area contributed by atoms with Crippen LogP contribution in [0.4, 0.5) is 4.39 Å². The second kappa shape index (κ2) is 10.8. The van der Waals surface area contributed by atoms with Crippen LogP contribution in [0.3, 0.4) is 0 Å². The second-order valence-electron chi connectivity index (χ2n) is 10.3. The first-order valence-electron chi connectivity index (χ1n) is 13.0. The number of unbranched alkanes of at least 4 members (excludes halogenated alkanes) is 2. The molecule has 0 amide bonds. The molecule has 2 fully saturated rings. The molecule has 2 saturated carbocycles. The number of aryl methyl sites for hydroxylation is 1. The molecule has 1 heteroatoms. The Bertz CT molecular complexity index is 879. The van der Waals surface area contributed by atoms with E-state index >= 15 is 4.39 Å². The molecule has 0 saturated heterocycles. The minimum Gasteiger partial charge on any atom is -0.206 e. The van der Waals surface area contributed by atoms with E-state index in [1.54, 1.807) is 0 Å². The van der Waals surface area contributed by atoms with Crippen molar-refractivity contribution < 1.29 is 4.39 Å².